The minimum atomic E-state index is -0.396. The van der Waals surface area contributed by atoms with E-state index in [9.17, 15) is 4.39 Å². The molecule has 2 aromatic rings. The summed E-state index contributed by atoms with van der Waals surface area (Å²) in [5.41, 5.74) is 1.49. The quantitative estimate of drug-likeness (QED) is 0.815. The van der Waals surface area contributed by atoms with E-state index in [0.717, 1.165) is 5.69 Å². The first-order valence-corrected chi connectivity index (χ1v) is 6.70. The second-order valence-corrected chi connectivity index (χ2v) is 4.79. The van der Waals surface area contributed by atoms with Crippen molar-refractivity contribution in [2.75, 3.05) is 11.4 Å². The Kier molecular flexibility index (Phi) is 4.97. The van der Waals surface area contributed by atoms with Gasteiger partial charge in [-0.3, -0.25) is 0 Å². The third kappa shape index (κ3) is 3.49. The van der Waals surface area contributed by atoms with Gasteiger partial charge in [0.05, 0.1) is 17.5 Å². The van der Waals surface area contributed by atoms with Gasteiger partial charge in [-0.15, -0.1) is 0 Å². The molecule has 102 valence electrons. The summed E-state index contributed by atoms with van der Waals surface area (Å²) in [6.07, 6.45) is 0.386. The molecule has 2 rings (SSSR count). The number of hydrogen-bond acceptors (Lipinski definition) is 2. The maximum atomic E-state index is 14.0. The lowest BCUT2D eigenvalue weighted by Gasteiger charge is -2.24. The van der Waals surface area contributed by atoms with Crippen LogP contribution in [-0.2, 0) is 6.54 Å². The lowest BCUT2D eigenvalue weighted by atomic mass is 10.1. The van der Waals surface area contributed by atoms with Gasteiger partial charge in [-0.1, -0.05) is 41.9 Å². The van der Waals surface area contributed by atoms with Gasteiger partial charge in [0.2, 0.25) is 0 Å². The van der Waals surface area contributed by atoms with Crippen molar-refractivity contribution in [3.63, 3.8) is 0 Å². The fourth-order valence-corrected chi connectivity index (χ4v) is 2.19. The average Bonchev–Trinajstić information content (AvgIpc) is 2.48. The van der Waals surface area contributed by atoms with E-state index < -0.39 is 5.82 Å². The standard InChI is InChI=1S/C16H14ClFN2/c17-15-9-4-6-13(16(15)18)12-20(11-5-10-19)14-7-2-1-3-8-14/h1-4,6-9H,5,11-12H2. The molecule has 0 bridgehead atoms. The first-order chi connectivity index (χ1) is 9.72. The Morgan fingerprint density at radius 2 is 1.85 bits per heavy atom. The molecule has 0 amide bonds. The van der Waals surface area contributed by atoms with Gasteiger partial charge in [-0.25, -0.2) is 4.39 Å². The zero-order chi connectivity index (χ0) is 14.4. The molecule has 0 saturated heterocycles. The number of nitrogens with zero attached hydrogens (tertiary/aromatic N) is 2. The highest BCUT2D eigenvalue weighted by atomic mass is 35.5. The minimum Gasteiger partial charge on any atom is -0.366 e. The molecule has 0 atom stereocenters. The highest BCUT2D eigenvalue weighted by Crippen LogP contribution is 2.22. The van der Waals surface area contributed by atoms with Crippen LogP contribution in [0.1, 0.15) is 12.0 Å². The highest BCUT2D eigenvalue weighted by molar-refractivity contribution is 6.30. The summed E-state index contributed by atoms with van der Waals surface area (Å²) in [7, 11) is 0. The van der Waals surface area contributed by atoms with Crippen molar-refractivity contribution in [3.8, 4) is 6.07 Å². The van der Waals surface area contributed by atoms with Crippen molar-refractivity contribution in [2.24, 2.45) is 0 Å². The van der Waals surface area contributed by atoms with Gasteiger partial charge in [0.1, 0.15) is 5.82 Å². The zero-order valence-corrected chi connectivity index (χ0v) is 11.6. The van der Waals surface area contributed by atoms with E-state index in [1.807, 2.05) is 35.2 Å². The summed E-state index contributed by atoms with van der Waals surface area (Å²) >= 11 is 5.80. The Balaban J connectivity index is 2.24. The molecule has 0 aliphatic heterocycles. The van der Waals surface area contributed by atoms with Crippen molar-refractivity contribution < 1.29 is 4.39 Å². The van der Waals surface area contributed by atoms with Crippen molar-refractivity contribution in [2.45, 2.75) is 13.0 Å². The van der Waals surface area contributed by atoms with Crippen LogP contribution in [0.15, 0.2) is 48.5 Å². The van der Waals surface area contributed by atoms with E-state index in [2.05, 4.69) is 6.07 Å². The van der Waals surface area contributed by atoms with E-state index >= 15 is 0 Å². The van der Waals surface area contributed by atoms with Gasteiger partial charge < -0.3 is 4.90 Å². The molecule has 0 heterocycles. The number of anilines is 1. The van der Waals surface area contributed by atoms with Gasteiger partial charge in [-0.05, 0) is 18.2 Å². The van der Waals surface area contributed by atoms with Crippen LogP contribution in [-0.4, -0.2) is 6.54 Å². The van der Waals surface area contributed by atoms with Crippen LogP contribution in [0.4, 0.5) is 10.1 Å². The Bertz CT molecular complexity index is 608. The Hall–Kier alpha value is -2.05. The lowest BCUT2D eigenvalue weighted by molar-refractivity contribution is 0.604. The van der Waals surface area contributed by atoms with E-state index in [1.54, 1.807) is 12.1 Å². The molecule has 0 unspecified atom stereocenters. The van der Waals surface area contributed by atoms with Crippen molar-refractivity contribution in [3.05, 3.63) is 64.9 Å². The Morgan fingerprint density at radius 1 is 1.10 bits per heavy atom. The summed E-state index contributed by atoms with van der Waals surface area (Å²) in [5.74, 6) is -0.396. The molecule has 0 N–H and O–H groups in total. The van der Waals surface area contributed by atoms with E-state index in [4.69, 9.17) is 16.9 Å². The highest BCUT2D eigenvalue weighted by Gasteiger charge is 2.12. The van der Waals surface area contributed by atoms with Gasteiger partial charge in [0.15, 0.2) is 0 Å². The number of rotatable bonds is 5. The molecule has 0 aliphatic carbocycles. The monoisotopic (exact) mass is 288 g/mol. The Morgan fingerprint density at radius 3 is 2.55 bits per heavy atom. The van der Waals surface area contributed by atoms with E-state index in [1.165, 1.54) is 6.07 Å². The van der Waals surface area contributed by atoms with Crippen LogP contribution in [0, 0.1) is 17.1 Å². The molecule has 20 heavy (non-hydrogen) atoms. The first-order valence-electron chi connectivity index (χ1n) is 6.32. The van der Waals surface area contributed by atoms with Crippen LogP contribution in [0.2, 0.25) is 5.02 Å². The molecular weight excluding hydrogens is 275 g/mol. The number of hydrogen-bond donors (Lipinski definition) is 0. The van der Waals surface area contributed by atoms with Crippen molar-refractivity contribution >= 4 is 17.3 Å². The molecule has 0 saturated carbocycles. The molecule has 0 aliphatic rings. The number of para-hydroxylation sites is 1. The second-order valence-electron chi connectivity index (χ2n) is 4.38. The average molecular weight is 289 g/mol. The summed E-state index contributed by atoms with van der Waals surface area (Å²) in [6.45, 7) is 0.935. The Labute approximate surface area is 123 Å². The summed E-state index contributed by atoms with van der Waals surface area (Å²) in [4.78, 5) is 1.97. The number of halogens is 2. The van der Waals surface area contributed by atoms with Crippen molar-refractivity contribution in [1.29, 1.82) is 5.26 Å². The maximum Gasteiger partial charge on any atom is 0.146 e. The molecular formula is C16H14ClFN2. The molecule has 0 radical (unpaired) electrons. The SMILES string of the molecule is N#CCCN(Cc1cccc(Cl)c1F)c1ccccc1. The minimum absolute atomic E-state index is 0.121. The normalized spacial score (nSPS) is 10.1. The van der Waals surface area contributed by atoms with Crippen LogP contribution in [0.5, 0.6) is 0 Å². The summed E-state index contributed by atoms with van der Waals surface area (Å²) in [6, 6.07) is 16.7. The van der Waals surface area contributed by atoms with Gasteiger partial charge in [-0.2, -0.15) is 5.26 Å². The van der Waals surface area contributed by atoms with Crippen LogP contribution in [0.3, 0.4) is 0 Å². The largest absolute Gasteiger partial charge is 0.366 e. The smallest absolute Gasteiger partial charge is 0.146 e. The predicted octanol–water partition coefficient (Wildman–Crippen LogP) is 4.40. The molecule has 0 fully saturated rings. The number of benzene rings is 2. The van der Waals surface area contributed by atoms with E-state index in [0.29, 0.717) is 25.1 Å². The van der Waals surface area contributed by atoms with Crippen LogP contribution in [0.25, 0.3) is 0 Å². The van der Waals surface area contributed by atoms with Gasteiger partial charge in [0, 0.05) is 24.3 Å². The van der Waals surface area contributed by atoms with Crippen LogP contribution < -0.4 is 4.90 Å². The molecule has 2 nitrogen and oxygen atoms in total. The predicted molar refractivity (Wildman–Crippen MR) is 79.1 cm³/mol. The summed E-state index contributed by atoms with van der Waals surface area (Å²) < 4.78 is 14.0. The molecule has 0 aromatic heterocycles. The van der Waals surface area contributed by atoms with Crippen LogP contribution >= 0.6 is 11.6 Å². The first kappa shape index (κ1) is 14.4. The fraction of sp³-hybridized carbons (Fsp3) is 0.188. The van der Waals surface area contributed by atoms with Gasteiger partial charge >= 0.3 is 0 Å². The maximum absolute atomic E-state index is 14.0. The third-order valence-electron chi connectivity index (χ3n) is 3.01. The topological polar surface area (TPSA) is 27.0 Å². The molecule has 2 aromatic carbocycles. The number of nitriles is 1. The fourth-order valence-electron chi connectivity index (χ4n) is 2.00. The summed E-state index contributed by atoms with van der Waals surface area (Å²) in [5, 5.41) is 8.88. The molecule has 0 spiro atoms. The molecule has 4 heteroatoms. The zero-order valence-electron chi connectivity index (χ0n) is 10.9. The third-order valence-corrected chi connectivity index (χ3v) is 3.30. The van der Waals surface area contributed by atoms with E-state index in [-0.39, 0.29) is 5.02 Å². The van der Waals surface area contributed by atoms with Gasteiger partial charge in [0.25, 0.3) is 0 Å². The second kappa shape index (κ2) is 6.93. The lowest BCUT2D eigenvalue weighted by Crippen LogP contribution is -2.24. The van der Waals surface area contributed by atoms with Crippen molar-refractivity contribution in [1.82, 2.24) is 0 Å².